The van der Waals surface area contributed by atoms with Crippen LogP contribution in [-0.4, -0.2) is 5.91 Å². The second-order valence-electron chi connectivity index (χ2n) is 6.94. The van der Waals surface area contributed by atoms with Gasteiger partial charge in [0.1, 0.15) is 0 Å². The van der Waals surface area contributed by atoms with E-state index in [1.54, 1.807) is 0 Å². The van der Waals surface area contributed by atoms with E-state index in [1.807, 2.05) is 36.4 Å². The Morgan fingerprint density at radius 1 is 1.08 bits per heavy atom. The van der Waals surface area contributed by atoms with Gasteiger partial charge in [-0.05, 0) is 61.4 Å². The van der Waals surface area contributed by atoms with Gasteiger partial charge >= 0.3 is 0 Å². The molecule has 0 saturated heterocycles. The van der Waals surface area contributed by atoms with Crippen LogP contribution in [0.25, 0.3) is 11.1 Å². The molecule has 0 aromatic heterocycles. The van der Waals surface area contributed by atoms with Crippen molar-refractivity contribution in [2.45, 2.75) is 19.8 Å². The summed E-state index contributed by atoms with van der Waals surface area (Å²) in [5, 5.41) is 3.81. The first-order chi connectivity index (χ1) is 11.6. The number of carbonyl (C=O) groups excluding carboxylic acids is 1. The third-order valence-corrected chi connectivity index (χ3v) is 5.53. The lowest BCUT2D eigenvalue weighted by molar-refractivity contribution is -0.120. The predicted molar refractivity (Wildman–Crippen MR) is 99.1 cm³/mol. The Morgan fingerprint density at radius 3 is 2.54 bits per heavy atom. The van der Waals surface area contributed by atoms with Crippen molar-refractivity contribution in [1.29, 1.82) is 0 Å². The number of aryl methyl sites for hydroxylation is 1. The number of hydrogen-bond donors (Lipinski definition) is 1. The molecule has 1 amide bonds. The van der Waals surface area contributed by atoms with Gasteiger partial charge in [0, 0.05) is 22.2 Å². The monoisotopic (exact) mass is 337 g/mol. The minimum absolute atomic E-state index is 0.130. The van der Waals surface area contributed by atoms with Crippen molar-refractivity contribution in [2.75, 3.05) is 5.32 Å². The maximum absolute atomic E-state index is 12.5. The van der Waals surface area contributed by atoms with E-state index in [2.05, 4.69) is 30.5 Å². The summed E-state index contributed by atoms with van der Waals surface area (Å²) in [6, 6.07) is 13.9. The fraction of sp³-hybridized carbons (Fsp3) is 0.286. The number of benzene rings is 2. The molecule has 2 nitrogen and oxygen atoms in total. The summed E-state index contributed by atoms with van der Waals surface area (Å²) in [5.41, 5.74) is 4.10. The molecule has 0 heterocycles. The van der Waals surface area contributed by atoms with Crippen LogP contribution in [0, 0.1) is 24.7 Å². The molecule has 0 aliphatic heterocycles. The molecule has 2 aromatic rings. The summed E-state index contributed by atoms with van der Waals surface area (Å²) >= 11 is 6.30. The quantitative estimate of drug-likeness (QED) is 0.740. The first kappa shape index (κ1) is 15.5. The minimum Gasteiger partial charge on any atom is -0.326 e. The maximum Gasteiger partial charge on any atom is 0.228 e. The van der Waals surface area contributed by atoms with Crippen molar-refractivity contribution < 1.29 is 4.79 Å². The van der Waals surface area contributed by atoms with Crippen molar-refractivity contribution in [3.8, 4) is 11.1 Å². The highest BCUT2D eigenvalue weighted by Crippen LogP contribution is 2.43. The highest BCUT2D eigenvalue weighted by molar-refractivity contribution is 6.33. The summed E-state index contributed by atoms with van der Waals surface area (Å²) in [6.07, 6.45) is 6.60. The van der Waals surface area contributed by atoms with Gasteiger partial charge in [0.25, 0.3) is 0 Å². The van der Waals surface area contributed by atoms with Crippen LogP contribution in [0.1, 0.15) is 18.4 Å². The summed E-state index contributed by atoms with van der Waals surface area (Å²) in [4.78, 5) is 12.5. The van der Waals surface area contributed by atoms with Crippen molar-refractivity contribution >= 4 is 23.2 Å². The summed E-state index contributed by atoms with van der Waals surface area (Å²) in [6.45, 7) is 2.05. The second kappa shape index (κ2) is 6.10. The van der Waals surface area contributed by atoms with Crippen LogP contribution in [0.2, 0.25) is 5.02 Å². The Labute approximate surface area is 147 Å². The van der Waals surface area contributed by atoms with Gasteiger partial charge in [0.15, 0.2) is 0 Å². The van der Waals surface area contributed by atoms with E-state index >= 15 is 0 Å². The Morgan fingerprint density at radius 2 is 1.88 bits per heavy atom. The van der Waals surface area contributed by atoms with Crippen molar-refractivity contribution in [3.63, 3.8) is 0 Å². The third-order valence-electron chi connectivity index (χ3n) is 5.20. The molecule has 0 spiro atoms. The SMILES string of the molecule is Cc1ccc(Cl)c(-c2ccc(NC(=O)C3CC4C=CC3C4)cc2)c1. The molecule has 1 saturated carbocycles. The number of hydrogen-bond acceptors (Lipinski definition) is 1. The van der Waals surface area contributed by atoms with Crippen molar-refractivity contribution in [1.82, 2.24) is 0 Å². The van der Waals surface area contributed by atoms with Crippen LogP contribution in [0.15, 0.2) is 54.6 Å². The molecule has 2 bridgehead atoms. The zero-order valence-electron chi connectivity index (χ0n) is 13.6. The Hall–Kier alpha value is -2.06. The minimum atomic E-state index is 0.130. The van der Waals surface area contributed by atoms with Gasteiger partial charge in [0.05, 0.1) is 0 Å². The first-order valence-electron chi connectivity index (χ1n) is 8.46. The number of carbonyl (C=O) groups is 1. The van der Waals surface area contributed by atoms with Gasteiger partial charge in [0.2, 0.25) is 5.91 Å². The number of anilines is 1. The summed E-state index contributed by atoms with van der Waals surface area (Å²) < 4.78 is 0. The molecule has 3 heteroatoms. The number of amides is 1. The van der Waals surface area contributed by atoms with E-state index in [-0.39, 0.29) is 11.8 Å². The second-order valence-corrected chi connectivity index (χ2v) is 7.34. The van der Waals surface area contributed by atoms with E-state index in [0.717, 1.165) is 34.7 Å². The molecule has 2 aliphatic carbocycles. The number of allylic oxidation sites excluding steroid dienone is 2. The number of rotatable bonds is 3. The van der Waals surface area contributed by atoms with E-state index in [9.17, 15) is 4.79 Å². The zero-order chi connectivity index (χ0) is 16.7. The van der Waals surface area contributed by atoms with Crippen LogP contribution >= 0.6 is 11.6 Å². The van der Waals surface area contributed by atoms with E-state index in [0.29, 0.717) is 11.8 Å². The third kappa shape index (κ3) is 2.87. The van der Waals surface area contributed by atoms with Gasteiger partial charge in [-0.3, -0.25) is 4.79 Å². The molecule has 2 aliphatic rings. The lowest BCUT2D eigenvalue weighted by Crippen LogP contribution is -2.25. The first-order valence-corrected chi connectivity index (χ1v) is 8.84. The number of halogens is 1. The molecule has 3 unspecified atom stereocenters. The fourth-order valence-electron chi connectivity index (χ4n) is 3.91. The van der Waals surface area contributed by atoms with Gasteiger partial charge in [-0.25, -0.2) is 0 Å². The molecule has 2 aromatic carbocycles. The predicted octanol–water partition coefficient (Wildman–Crippen LogP) is 5.47. The standard InChI is InChI=1S/C21H20ClNO/c1-13-2-9-20(22)18(10-13)15-5-7-17(8-6-15)23-21(24)19-12-14-3-4-16(19)11-14/h2-10,14,16,19H,11-12H2,1H3,(H,23,24). The molecule has 1 N–H and O–H groups in total. The average molecular weight is 338 g/mol. The average Bonchev–Trinajstić information content (AvgIpc) is 3.21. The van der Waals surface area contributed by atoms with E-state index in [1.165, 1.54) is 5.56 Å². The smallest absolute Gasteiger partial charge is 0.228 e. The molecule has 4 rings (SSSR count). The molecule has 24 heavy (non-hydrogen) atoms. The normalized spacial score (nSPS) is 24.3. The van der Waals surface area contributed by atoms with Crippen LogP contribution in [-0.2, 0) is 4.79 Å². The Kier molecular flexibility index (Phi) is 3.93. The number of fused-ring (bicyclic) bond motifs is 2. The van der Waals surface area contributed by atoms with Crippen LogP contribution in [0.4, 0.5) is 5.69 Å². The van der Waals surface area contributed by atoms with E-state index in [4.69, 9.17) is 11.6 Å². The Balaban J connectivity index is 1.49. The van der Waals surface area contributed by atoms with Crippen LogP contribution < -0.4 is 5.32 Å². The van der Waals surface area contributed by atoms with Crippen molar-refractivity contribution in [3.05, 3.63) is 65.2 Å². The van der Waals surface area contributed by atoms with Crippen molar-refractivity contribution in [2.24, 2.45) is 17.8 Å². The molecule has 122 valence electrons. The topological polar surface area (TPSA) is 29.1 Å². The molecular formula is C21H20ClNO. The van der Waals surface area contributed by atoms with Crippen LogP contribution in [0.3, 0.4) is 0 Å². The molecule has 1 fully saturated rings. The largest absolute Gasteiger partial charge is 0.326 e. The van der Waals surface area contributed by atoms with Gasteiger partial charge in [-0.1, -0.05) is 47.5 Å². The van der Waals surface area contributed by atoms with Crippen LogP contribution in [0.5, 0.6) is 0 Å². The summed E-state index contributed by atoms with van der Waals surface area (Å²) in [7, 11) is 0. The summed E-state index contributed by atoms with van der Waals surface area (Å²) in [5.74, 6) is 1.32. The highest BCUT2D eigenvalue weighted by atomic mass is 35.5. The maximum atomic E-state index is 12.5. The molecule has 3 atom stereocenters. The van der Waals surface area contributed by atoms with Gasteiger partial charge < -0.3 is 5.32 Å². The highest BCUT2D eigenvalue weighted by Gasteiger charge is 2.39. The lowest BCUT2D eigenvalue weighted by atomic mass is 9.92. The fourth-order valence-corrected chi connectivity index (χ4v) is 4.14. The molecule has 0 radical (unpaired) electrons. The Bertz CT molecular complexity index is 809. The zero-order valence-corrected chi connectivity index (χ0v) is 14.4. The van der Waals surface area contributed by atoms with Gasteiger partial charge in [-0.2, -0.15) is 0 Å². The number of nitrogens with one attached hydrogen (secondary N) is 1. The lowest BCUT2D eigenvalue weighted by Gasteiger charge is -2.17. The van der Waals surface area contributed by atoms with Gasteiger partial charge in [-0.15, -0.1) is 0 Å². The van der Waals surface area contributed by atoms with E-state index < -0.39 is 0 Å². The molecular weight excluding hydrogens is 318 g/mol.